The maximum Gasteiger partial charge on any atom is 0.260 e. The van der Waals surface area contributed by atoms with E-state index in [-0.39, 0.29) is 19.3 Å². The van der Waals surface area contributed by atoms with E-state index in [0.717, 1.165) is 17.0 Å². The van der Waals surface area contributed by atoms with Gasteiger partial charge in [0, 0.05) is 17.7 Å². The minimum atomic E-state index is -0.682. The van der Waals surface area contributed by atoms with Crippen LogP contribution in [0.2, 0.25) is 0 Å². The number of benzene rings is 2. The molecule has 0 radical (unpaired) electrons. The summed E-state index contributed by atoms with van der Waals surface area (Å²) in [4.78, 5) is 12.3. The van der Waals surface area contributed by atoms with Gasteiger partial charge in [-0.05, 0) is 49.4 Å². The van der Waals surface area contributed by atoms with Crippen molar-refractivity contribution in [1.29, 1.82) is 0 Å². The molecule has 1 N–H and O–H groups in total. The molecule has 1 amide bonds. The zero-order chi connectivity index (χ0) is 22.3. The van der Waals surface area contributed by atoms with Crippen LogP contribution in [0.5, 0.6) is 28.9 Å². The van der Waals surface area contributed by atoms with E-state index in [2.05, 4.69) is 15.5 Å². The molecule has 2 aromatic carbocycles. The van der Waals surface area contributed by atoms with Crippen molar-refractivity contribution in [1.82, 2.24) is 15.5 Å². The molecule has 1 aliphatic rings. The zero-order valence-corrected chi connectivity index (χ0v) is 17.7. The van der Waals surface area contributed by atoms with Gasteiger partial charge in [0.05, 0.1) is 19.3 Å². The number of carbonyl (C=O) groups excluding carboxylic acids is 1. The fourth-order valence-electron chi connectivity index (χ4n) is 2.99. The fraction of sp³-hybridized carbons (Fsp3) is 0.261. The van der Waals surface area contributed by atoms with Crippen LogP contribution in [0.3, 0.4) is 0 Å². The van der Waals surface area contributed by atoms with Crippen LogP contribution >= 0.6 is 0 Å². The van der Waals surface area contributed by atoms with Crippen molar-refractivity contribution in [3.63, 3.8) is 0 Å². The number of nitrogens with one attached hydrogen (secondary N) is 1. The zero-order valence-electron chi connectivity index (χ0n) is 17.7. The van der Waals surface area contributed by atoms with Gasteiger partial charge in [0.25, 0.3) is 5.91 Å². The smallest absolute Gasteiger partial charge is 0.260 e. The van der Waals surface area contributed by atoms with Gasteiger partial charge in [-0.3, -0.25) is 4.79 Å². The van der Waals surface area contributed by atoms with Crippen LogP contribution in [0.1, 0.15) is 6.92 Å². The van der Waals surface area contributed by atoms with Crippen LogP contribution in [0, 0.1) is 0 Å². The van der Waals surface area contributed by atoms with Crippen LogP contribution < -0.4 is 29.0 Å². The summed E-state index contributed by atoms with van der Waals surface area (Å²) < 4.78 is 26.9. The predicted molar refractivity (Wildman–Crippen MR) is 115 cm³/mol. The van der Waals surface area contributed by atoms with Crippen molar-refractivity contribution in [3.05, 3.63) is 54.6 Å². The number of hydrogen-bond acceptors (Lipinski definition) is 8. The number of carbonyl (C=O) groups is 1. The summed E-state index contributed by atoms with van der Waals surface area (Å²) in [6.07, 6.45) is -0.682. The topological polar surface area (TPSA) is 101 Å². The molecule has 0 saturated carbocycles. The number of ether oxygens (including phenoxy) is 5. The molecular weight excluding hydrogens is 414 g/mol. The van der Waals surface area contributed by atoms with Crippen LogP contribution in [0.15, 0.2) is 54.6 Å². The van der Waals surface area contributed by atoms with E-state index in [1.165, 1.54) is 0 Å². The SMILES string of the molecule is COc1ccc(-c2ccc(OCCNC(=O)C(C)Oc3ccc4c(c3)OCO4)nn2)cc1. The third-order valence-electron chi connectivity index (χ3n) is 4.70. The monoisotopic (exact) mass is 437 g/mol. The van der Waals surface area contributed by atoms with Gasteiger partial charge in [-0.15, -0.1) is 10.2 Å². The number of methoxy groups -OCH3 is 1. The number of hydrogen-bond donors (Lipinski definition) is 1. The van der Waals surface area contributed by atoms with Crippen LogP contribution in [0.25, 0.3) is 11.3 Å². The quantitative estimate of drug-likeness (QED) is 0.510. The Morgan fingerprint density at radius 1 is 1.03 bits per heavy atom. The molecule has 4 rings (SSSR count). The van der Waals surface area contributed by atoms with Gasteiger partial charge < -0.3 is 29.0 Å². The molecule has 1 aromatic heterocycles. The summed E-state index contributed by atoms with van der Waals surface area (Å²) in [6, 6.07) is 16.3. The lowest BCUT2D eigenvalue weighted by Gasteiger charge is -2.15. The second-order valence-corrected chi connectivity index (χ2v) is 6.90. The van der Waals surface area contributed by atoms with Crippen molar-refractivity contribution in [2.24, 2.45) is 0 Å². The summed E-state index contributed by atoms with van der Waals surface area (Å²) in [6.45, 7) is 2.40. The van der Waals surface area contributed by atoms with Crippen LogP contribution in [-0.4, -0.2) is 49.3 Å². The highest BCUT2D eigenvalue weighted by Gasteiger charge is 2.18. The molecule has 9 heteroatoms. The maximum absolute atomic E-state index is 12.3. The molecule has 2 heterocycles. The summed E-state index contributed by atoms with van der Waals surface area (Å²) >= 11 is 0. The van der Waals surface area contributed by atoms with Gasteiger partial charge in [-0.1, -0.05) is 0 Å². The van der Waals surface area contributed by atoms with Gasteiger partial charge >= 0.3 is 0 Å². The molecular formula is C23H23N3O6. The van der Waals surface area contributed by atoms with Crippen molar-refractivity contribution < 1.29 is 28.5 Å². The first-order chi connectivity index (χ1) is 15.6. The third kappa shape index (κ3) is 5.18. The van der Waals surface area contributed by atoms with E-state index >= 15 is 0 Å². The first-order valence-electron chi connectivity index (χ1n) is 10.1. The number of fused-ring (bicyclic) bond motifs is 1. The average molecular weight is 437 g/mol. The Bertz CT molecular complexity index is 1060. The molecule has 3 aromatic rings. The van der Waals surface area contributed by atoms with E-state index < -0.39 is 6.10 Å². The molecule has 166 valence electrons. The second kappa shape index (κ2) is 9.86. The van der Waals surface area contributed by atoms with Gasteiger partial charge in [-0.25, -0.2) is 0 Å². The highest BCUT2D eigenvalue weighted by molar-refractivity contribution is 5.80. The molecule has 0 spiro atoms. The lowest BCUT2D eigenvalue weighted by molar-refractivity contribution is -0.127. The van der Waals surface area contributed by atoms with E-state index in [1.54, 1.807) is 38.3 Å². The lowest BCUT2D eigenvalue weighted by Crippen LogP contribution is -2.38. The van der Waals surface area contributed by atoms with Gasteiger partial charge in [0.1, 0.15) is 18.1 Å². The average Bonchev–Trinajstić information content (AvgIpc) is 3.30. The number of amides is 1. The van der Waals surface area contributed by atoms with E-state index in [9.17, 15) is 4.79 Å². The lowest BCUT2D eigenvalue weighted by atomic mass is 10.1. The fourth-order valence-corrected chi connectivity index (χ4v) is 2.99. The van der Waals surface area contributed by atoms with Crippen LogP contribution in [-0.2, 0) is 4.79 Å². The molecule has 32 heavy (non-hydrogen) atoms. The number of aromatic nitrogens is 2. The normalized spacial score (nSPS) is 12.7. The second-order valence-electron chi connectivity index (χ2n) is 6.90. The first kappa shape index (κ1) is 21.2. The number of nitrogens with zero attached hydrogens (tertiary/aromatic N) is 2. The molecule has 1 unspecified atom stereocenters. The summed E-state index contributed by atoms with van der Waals surface area (Å²) in [5.74, 6) is 2.68. The molecule has 0 saturated heterocycles. The highest BCUT2D eigenvalue weighted by Crippen LogP contribution is 2.35. The number of rotatable bonds is 9. The third-order valence-corrected chi connectivity index (χ3v) is 4.70. The molecule has 1 atom stereocenters. The van der Waals surface area contributed by atoms with Gasteiger partial charge in [0.2, 0.25) is 12.7 Å². The Hall–Kier alpha value is -4.01. The van der Waals surface area contributed by atoms with Crippen molar-refractivity contribution in [2.45, 2.75) is 13.0 Å². The minimum absolute atomic E-state index is 0.184. The molecule has 0 aliphatic carbocycles. The maximum atomic E-state index is 12.3. The summed E-state index contributed by atoms with van der Waals surface area (Å²) in [5.41, 5.74) is 1.65. The Morgan fingerprint density at radius 3 is 2.56 bits per heavy atom. The summed E-state index contributed by atoms with van der Waals surface area (Å²) in [5, 5.41) is 11.0. The van der Waals surface area contributed by atoms with Gasteiger partial charge in [-0.2, -0.15) is 0 Å². The first-order valence-corrected chi connectivity index (χ1v) is 10.1. The van der Waals surface area contributed by atoms with Gasteiger partial charge in [0.15, 0.2) is 17.6 Å². The van der Waals surface area contributed by atoms with E-state index in [4.69, 9.17) is 23.7 Å². The van der Waals surface area contributed by atoms with Crippen LogP contribution in [0.4, 0.5) is 0 Å². The van der Waals surface area contributed by atoms with E-state index in [1.807, 2.05) is 30.3 Å². The Balaban J connectivity index is 1.20. The highest BCUT2D eigenvalue weighted by atomic mass is 16.7. The standard InChI is InChI=1S/C23H23N3O6/c1-15(32-18-7-9-20-21(13-18)31-14-30-20)23(27)24-11-12-29-22-10-8-19(25-26-22)16-3-5-17(28-2)6-4-16/h3-10,13,15H,11-12,14H2,1-2H3,(H,24,27). The molecule has 0 bridgehead atoms. The minimum Gasteiger partial charge on any atom is -0.497 e. The Morgan fingerprint density at radius 2 is 1.81 bits per heavy atom. The predicted octanol–water partition coefficient (Wildman–Crippen LogP) is 2.84. The molecule has 1 aliphatic heterocycles. The largest absolute Gasteiger partial charge is 0.497 e. The van der Waals surface area contributed by atoms with E-state index in [0.29, 0.717) is 29.7 Å². The summed E-state index contributed by atoms with van der Waals surface area (Å²) in [7, 11) is 1.62. The molecule has 0 fully saturated rings. The Kier molecular flexibility index (Phi) is 6.54. The van der Waals surface area contributed by atoms with Crippen molar-refractivity contribution >= 4 is 5.91 Å². The van der Waals surface area contributed by atoms with Crippen molar-refractivity contribution in [3.8, 4) is 40.1 Å². The molecule has 9 nitrogen and oxygen atoms in total. The Labute approximate surface area is 185 Å². The van der Waals surface area contributed by atoms with Crippen molar-refractivity contribution in [2.75, 3.05) is 27.1 Å².